The van der Waals surface area contributed by atoms with Gasteiger partial charge in [0.2, 0.25) is 0 Å². The van der Waals surface area contributed by atoms with Gasteiger partial charge < -0.3 is 4.42 Å². The molecule has 0 N–H and O–H groups in total. The minimum Gasteiger partial charge on any atom is -0.400 e. The second-order valence-electron chi connectivity index (χ2n) is 5.27. The number of nitrogens with zero attached hydrogens (tertiary/aromatic N) is 4. The molecular formula is C17H10N4O4S. The van der Waals surface area contributed by atoms with Crippen LogP contribution in [0.3, 0.4) is 0 Å². The number of rotatable bonds is 4. The molecule has 8 nitrogen and oxygen atoms in total. The van der Waals surface area contributed by atoms with Crippen molar-refractivity contribution in [3.05, 3.63) is 80.4 Å². The Labute approximate surface area is 149 Å². The van der Waals surface area contributed by atoms with E-state index in [0.717, 1.165) is 15.8 Å². The van der Waals surface area contributed by atoms with Crippen molar-refractivity contribution in [3.8, 4) is 11.1 Å². The molecule has 9 heteroatoms. The molecule has 0 bridgehead atoms. The Kier molecular flexibility index (Phi) is 3.90. The van der Waals surface area contributed by atoms with Gasteiger partial charge in [-0.2, -0.15) is 9.78 Å². The largest absolute Gasteiger partial charge is 0.433 e. The minimum absolute atomic E-state index is 0.164. The first-order chi connectivity index (χ1) is 12.6. The number of thiophene rings is 1. The van der Waals surface area contributed by atoms with E-state index in [-0.39, 0.29) is 11.3 Å². The van der Waals surface area contributed by atoms with Crippen LogP contribution in [-0.2, 0) is 0 Å². The topological polar surface area (TPSA) is 104 Å². The van der Waals surface area contributed by atoms with Gasteiger partial charge in [0, 0.05) is 10.9 Å². The summed E-state index contributed by atoms with van der Waals surface area (Å²) in [4.78, 5) is 27.7. The zero-order valence-electron chi connectivity index (χ0n) is 13.1. The molecule has 0 saturated carbocycles. The second-order valence-corrected chi connectivity index (χ2v) is 6.13. The number of benzene rings is 1. The van der Waals surface area contributed by atoms with E-state index in [0.29, 0.717) is 10.2 Å². The van der Waals surface area contributed by atoms with Crippen molar-refractivity contribution in [2.75, 3.05) is 0 Å². The van der Waals surface area contributed by atoms with Gasteiger partial charge in [-0.25, -0.2) is 4.98 Å². The number of furan rings is 1. The number of hydrogen-bond acceptors (Lipinski definition) is 7. The Morgan fingerprint density at radius 2 is 2.04 bits per heavy atom. The van der Waals surface area contributed by atoms with Crippen molar-refractivity contribution in [2.24, 2.45) is 5.10 Å². The van der Waals surface area contributed by atoms with E-state index in [1.165, 1.54) is 36.0 Å². The Morgan fingerprint density at radius 3 is 2.77 bits per heavy atom. The molecule has 0 saturated heterocycles. The number of aromatic nitrogens is 2. The summed E-state index contributed by atoms with van der Waals surface area (Å²) in [6.45, 7) is 0. The summed E-state index contributed by atoms with van der Waals surface area (Å²) in [5.41, 5.74) is 1.38. The summed E-state index contributed by atoms with van der Waals surface area (Å²) >= 11 is 1.38. The highest BCUT2D eigenvalue weighted by molar-refractivity contribution is 7.17. The fraction of sp³-hybridized carbons (Fsp3) is 0. The maximum atomic E-state index is 12.8. The van der Waals surface area contributed by atoms with Crippen LogP contribution < -0.4 is 5.56 Å². The molecule has 0 fully saturated rings. The third-order valence-electron chi connectivity index (χ3n) is 3.66. The lowest BCUT2D eigenvalue weighted by atomic mass is 10.1. The highest BCUT2D eigenvalue weighted by Crippen LogP contribution is 2.30. The first kappa shape index (κ1) is 15.9. The predicted molar refractivity (Wildman–Crippen MR) is 97.7 cm³/mol. The van der Waals surface area contributed by atoms with Crippen LogP contribution in [0.5, 0.6) is 0 Å². The van der Waals surface area contributed by atoms with Gasteiger partial charge in [0.25, 0.3) is 5.56 Å². The highest BCUT2D eigenvalue weighted by atomic mass is 32.1. The second kappa shape index (κ2) is 6.37. The number of fused-ring (bicyclic) bond motifs is 1. The van der Waals surface area contributed by atoms with Crippen molar-refractivity contribution >= 4 is 33.7 Å². The molecule has 4 aromatic rings. The summed E-state index contributed by atoms with van der Waals surface area (Å²) in [5.74, 6) is -0.228. The van der Waals surface area contributed by atoms with E-state index in [1.807, 2.05) is 35.7 Å². The number of nitro groups is 1. The van der Waals surface area contributed by atoms with Crippen molar-refractivity contribution in [2.45, 2.75) is 0 Å². The van der Waals surface area contributed by atoms with Crippen LogP contribution in [0.2, 0.25) is 0 Å². The van der Waals surface area contributed by atoms with Gasteiger partial charge in [0.1, 0.15) is 16.1 Å². The molecule has 0 aliphatic rings. The molecule has 4 rings (SSSR count). The van der Waals surface area contributed by atoms with Gasteiger partial charge in [-0.05, 0) is 11.6 Å². The van der Waals surface area contributed by atoms with Gasteiger partial charge >= 0.3 is 5.88 Å². The molecule has 0 spiro atoms. The van der Waals surface area contributed by atoms with Crippen LogP contribution >= 0.6 is 11.3 Å². The molecule has 0 aliphatic heterocycles. The smallest absolute Gasteiger partial charge is 0.400 e. The minimum atomic E-state index is -0.644. The molecule has 3 heterocycles. The summed E-state index contributed by atoms with van der Waals surface area (Å²) < 4.78 is 6.07. The molecule has 0 unspecified atom stereocenters. The third kappa shape index (κ3) is 2.80. The molecule has 0 amide bonds. The number of hydrogen-bond donors (Lipinski definition) is 0. The van der Waals surface area contributed by atoms with Crippen LogP contribution in [0.1, 0.15) is 5.76 Å². The van der Waals surface area contributed by atoms with Gasteiger partial charge in [-0.3, -0.25) is 14.9 Å². The normalized spacial score (nSPS) is 11.4. The Balaban J connectivity index is 1.77. The summed E-state index contributed by atoms with van der Waals surface area (Å²) in [5, 5.41) is 17.0. The quantitative estimate of drug-likeness (QED) is 0.312. The van der Waals surface area contributed by atoms with Crippen LogP contribution in [-0.4, -0.2) is 20.8 Å². The molecule has 1 aromatic carbocycles. The van der Waals surface area contributed by atoms with Gasteiger partial charge in [-0.15, -0.1) is 11.3 Å². The van der Waals surface area contributed by atoms with Crippen LogP contribution in [0, 0.1) is 10.1 Å². The lowest BCUT2D eigenvalue weighted by molar-refractivity contribution is -0.402. The highest BCUT2D eigenvalue weighted by Gasteiger charge is 2.13. The lowest BCUT2D eigenvalue weighted by Gasteiger charge is -2.00. The van der Waals surface area contributed by atoms with Gasteiger partial charge in [-0.1, -0.05) is 30.3 Å². The van der Waals surface area contributed by atoms with E-state index in [1.54, 1.807) is 0 Å². The monoisotopic (exact) mass is 366 g/mol. The Morgan fingerprint density at radius 1 is 1.23 bits per heavy atom. The molecule has 26 heavy (non-hydrogen) atoms. The van der Waals surface area contributed by atoms with E-state index < -0.39 is 10.8 Å². The van der Waals surface area contributed by atoms with E-state index >= 15 is 0 Å². The molecule has 3 aromatic heterocycles. The Hall–Kier alpha value is -3.59. The first-order valence-electron chi connectivity index (χ1n) is 7.46. The first-order valence-corrected chi connectivity index (χ1v) is 8.34. The predicted octanol–water partition coefficient (Wildman–Crippen LogP) is 3.51. The third-order valence-corrected chi connectivity index (χ3v) is 4.55. The van der Waals surface area contributed by atoms with Crippen molar-refractivity contribution < 1.29 is 9.34 Å². The Bertz CT molecular complexity index is 1190. The molecule has 128 valence electrons. The fourth-order valence-corrected chi connectivity index (χ4v) is 3.37. The maximum absolute atomic E-state index is 12.8. The van der Waals surface area contributed by atoms with Crippen LogP contribution in [0.4, 0.5) is 5.88 Å². The average Bonchev–Trinajstić information content (AvgIpc) is 3.29. The molecule has 0 aliphatic carbocycles. The van der Waals surface area contributed by atoms with Crippen LogP contribution in [0.15, 0.2) is 68.5 Å². The van der Waals surface area contributed by atoms with E-state index in [4.69, 9.17) is 4.42 Å². The van der Waals surface area contributed by atoms with Crippen molar-refractivity contribution in [3.63, 3.8) is 0 Å². The average molecular weight is 366 g/mol. The van der Waals surface area contributed by atoms with Gasteiger partial charge in [0.15, 0.2) is 5.76 Å². The van der Waals surface area contributed by atoms with E-state index in [9.17, 15) is 14.9 Å². The standard InChI is InChI=1S/C17H10N4O4S/c22-17-15-13(11-4-2-1-3-5-11)9-26-16(15)18-10-20(17)19-8-12-6-7-14(25-12)21(23)24/h1-10H/b19-8+. The van der Waals surface area contributed by atoms with Crippen molar-refractivity contribution in [1.82, 2.24) is 9.66 Å². The maximum Gasteiger partial charge on any atom is 0.433 e. The summed E-state index contributed by atoms with van der Waals surface area (Å²) in [6.07, 6.45) is 2.54. The molecular weight excluding hydrogens is 356 g/mol. The lowest BCUT2D eigenvalue weighted by Crippen LogP contribution is -2.16. The molecule has 0 radical (unpaired) electrons. The zero-order chi connectivity index (χ0) is 18.1. The molecule has 0 atom stereocenters. The van der Waals surface area contributed by atoms with Crippen molar-refractivity contribution in [1.29, 1.82) is 0 Å². The zero-order valence-corrected chi connectivity index (χ0v) is 13.9. The van der Waals surface area contributed by atoms with Gasteiger partial charge in [0.05, 0.1) is 17.7 Å². The van der Waals surface area contributed by atoms with E-state index in [2.05, 4.69) is 10.1 Å². The summed E-state index contributed by atoms with van der Waals surface area (Å²) in [7, 11) is 0. The summed E-state index contributed by atoms with van der Waals surface area (Å²) in [6, 6.07) is 12.2. The fourth-order valence-electron chi connectivity index (χ4n) is 2.46. The SMILES string of the molecule is O=c1c2c(-c3ccccc3)csc2ncn1/N=C/c1ccc([N+](=O)[O-])o1. The van der Waals surface area contributed by atoms with Crippen LogP contribution in [0.25, 0.3) is 21.3 Å².